The Morgan fingerprint density at radius 3 is 1.94 bits per heavy atom. The van der Waals surface area contributed by atoms with Gasteiger partial charge in [-0.15, -0.1) is 0 Å². The average Bonchev–Trinajstić information content (AvgIpc) is 3.16. The van der Waals surface area contributed by atoms with Crippen molar-refractivity contribution in [1.29, 1.82) is 0 Å². The van der Waals surface area contributed by atoms with Crippen LogP contribution in [-0.2, 0) is 52.5 Å². The number of hydrogen-bond donors (Lipinski definition) is 2. The number of allylic oxidation sites excluding steroid dienone is 1. The fraction of sp³-hybridized carbons (Fsp3) is 0.714. The Bertz CT molecular complexity index is 1320. The van der Waals surface area contributed by atoms with Crippen LogP contribution >= 0.6 is 0 Å². The predicted molar refractivity (Wildman–Crippen MR) is 171 cm³/mol. The number of rotatable bonds is 8. The van der Waals surface area contributed by atoms with Crippen LogP contribution < -0.4 is 0 Å². The minimum absolute atomic E-state index is 0.292. The Hall–Kier alpha value is -3.58. The zero-order valence-corrected chi connectivity index (χ0v) is 29.9. The first-order valence-corrected chi connectivity index (χ1v) is 16.2. The summed E-state index contributed by atoms with van der Waals surface area (Å²) < 4.78 is 28.9. The van der Waals surface area contributed by atoms with Crippen LogP contribution in [0.25, 0.3) is 0 Å². The molecule has 0 radical (unpaired) electrons. The summed E-state index contributed by atoms with van der Waals surface area (Å²) >= 11 is 0. The highest BCUT2D eigenvalue weighted by atomic mass is 16.6. The minimum atomic E-state index is -2.50. The van der Waals surface area contributed by atoms with Crippen molar-refractivity contribution in [3.63, 3.8) is 0 Å². The van der Waals surface area contributed by atoms with E-state index in [9.17, 15) is 39.0 Å². The molecule has 10 atom stereocenters. The smallest absolute Gasteiger partial charge is 0.309 e. The van der Waals surface area contributed by atoms with E-state index in [1.165, 1.54) is 19.9 Å². The lowest BCUT2D eigenvalue weighted by atomic mass is 9.72. The monoisotopic (exact) mass is 680 g/mol. The van der Waals surface area contributed by atoms with Crippen molar-refractivity contribution in [2.45, 2.75) is 131 Å². The van der Waals surface area contributed by atoms with Crippen LogP contribution in [0, 0.1) is 29.1 Å². The largest absolute Gasteiger partial charge is 0.458 e. The molecule has 2 aliphatic rings. The van der Waals surface area contributed by atoms with E-state index in [2.05, 4.69) is 6.58 Å². The van der Waals surface area contributed by atoms with Crippen molar-refractivity contribution >= 4 is 35.6 Å². The van der Waals surface area contributed by atoms with Gasteiger partial charge in [0.05, 0.1) is 17.8 Å². The standard InChI is InChI=1S/C35H52O13/c1-13-18(4)32(42)46-25-20(6)26(47-31(41)17(2)3)27(44-21(7)36)30(45-22(8)37)33(10,11)15-14-19(5)28(39)35(43)16-34(12,48-23(9)38)29(40)24(25)35/h14-15,17-19,24-27,29-30,40,43H,6,13,16H2,1-5,7-12H3/b15-14+/t18?,19-,24-,25-,26-,27+,29+,30+,34+,35+/m0/s1. The van der Waals surface area contributed by atoms with Gasteiger partial charge >= 0.3 is 29.8 Å². The van der Waals surface area contributed by atoms with Crippen LogP contribution in [0.3, 0.4) is 0 Å². The summed E-state index contributed by atoms with van der Waals surface area (Å²) in [5, 5.41) is 24.3. The lowest BCUT2D eigenvalue weighted by Gasteiger charge is -2.43. The molecule has 48 heavy (non-hydrogen) atoms. The van der Waals surface area contributed by atoms with Crippen LogP contribution in [0.1, 0.15) is 89.0 Å². The van der Waals surface area contributed by atoms with Gasteiger partial charge in [-0.25, -0.2) is 0 Å². The third-order valence-electron chi connectivity index (χ3n) is 9.12. The first-order valence-electron chi connectivity index (χ1n) is 16.2. The zero-order chi connectivity index (χ0) is 37.1. The number of ether oxygens (including phenoxy) is 5. The summed E-state index contributed by atoms with van der Waals surface area (Å²) in [5.74, 6) is -9.07. The highest BCUT2D eigenvalue weighted by Crippen LogP contribution is 2.51. The van der Waals surface area contributed by atoms with Crippen LogP contribution in [0.2, 0.25) is 0 Å². The van der Waals surface area contributed by atoms with Gasteiger partial charge in [0.15, 0.2) is 24.1 Å². The van der Waals surface area contributed by atoms with Gasteiger partial charge < -0.3 is 33.9 Å². The molecular weight excluding hydrogens is 628 g/mol. The number of carbonyl (C=O) groups is 6. The predicted octanol–water partition coefficient (Wildman–Crippen LogP) is 3.17. The van der Waals surface area contributed by atoms with Gasteiger partial charge in [-0.05, 0) is 13.3 Å². The van der Waals surface area contributed by atoms with Crippen molar-refractivity contribution in [2.75, 3.05) is 0 Å². The summed E-state index contributed by atoms with van der Waals surface area (Å²) in [5.41, 5.74) is -5.88. The van der Waals surface area contributed by atoms with Gasteiger partial charge in [0, 0.05) is 44.1 Å². The Kier molecular flexibility index (Phi) is 13.0. The highest BCUT2D eigenvalue weighted by molar-refractivity contribution is 5.92. The first kappa shape index (κ1) is 40.6. The molecule has 0 aromatic heterocycles. The van der Waals surface area contributed by atoms with Gasteiger partial charge in [-0.1, -0.05) is 67.2 Å². The van der Waals surface area contributed by atoms with Crippen molar-refractivity contribution in [3.05, 3.63) is 24.3 Å². The van der Waals surface area contributed by atoms with Gasteiger partial charge in [-0.3, -0.25) is 28.8 Å². The third kappa shape index (κ3) is 8.71. The summed E-state index contributed by atoms with van der Waals surface area (Å²) in [6.07, 6.45) is -5.60. The van der Waals surface area contributed by atoms with Crippen LogP contribution in [0.15, 0.2) is 24.3 Å². The van der Waals surface area contributed by atoms with Crippen LogP contribution in [-0.4, -0.2) is 87.6 Å². The maximum absolute atomic E-state index is 14.3. The number of fused-ring (bicyclic) bond motifs is 1. The molecule has 0 aromatic rings. The first-order chi connectivity index (χ1) is 21.9. The molecule has 1 fully saturated rings. The average molecular weight is 681 g/mol. The van der Waals surface area contributed by atoms with E-state index in [0.29, 0.717) is 6.42 Å². The maximum Gasteiger partial charge on any atom is 0.309 e. The number of esters is 5. The second-order valence-corrected chi connectivity index (χ2v) is 14.2. The van der Waals surface area contributed by atoms with Gasteiger partial charge in [0.2, 0.25) is 0 Å². The number of aliphatic hydroxyl groups excluding tert-OH is 1. The van der Waals surface area contributed by atoms with Crippen molar-refractivity contribution in [1.82, 2.24) is 0 Å². The quantitative estimate of drug-likeness (QED) is 0.216. The number of ketones is 1. The molecule has 0 aromatic carbocycles. The molecule has 1 saturated carbocycles. The minimum Gasteiger partial charge on any atom is -0.458 e. The Balaban J connectivity index is 3.12. The molecule has 1 unspecified atom stereocenters. The van der Waals surface area contributed by atoms with E-state index in [1.807, 2.05) is 0 Å². The van der Waals surface area contributed by atoms with E-state index in [-0.39, 0.29) is 5.57 Å². The molecule has 13 nitrogen and oxygen atoms in total. The van der Waals surface area contributed by atoms with Crippen molar-refractivity contribution < 1.29 is 62.7 Å². The van der Waals surface area contributed by atoms with Crippen LogP contribution in [0.5, 0.6) is 0 Å². The van der Waals surface area contributed by atoms with Gasteiger partial charge in [0.25, 0.3) is 0 Å². The fourth-order valence-electron chi connectivity index (χ4n) is 6.32. The Morgan fingerprint density at radius 2 is 1.46 bits per heavy atom. The molecule has 2 aliphatic carbocycles. The third-order valence-corrected chi connectivity index (χ3v) is 9.12. The second kappa shape index (κ2) is 15.3. The number of hydrogen-bond acceptors (Lipinski definition) is 13. The van der Waals surface area contributed by atoms with E-state index in [4.69, 9.17) is 23.7 Å². The molecule has 13 heteroatoms. The molecule has 0 heterocycles. The molecule has 0 spiro atoms. The number of carbonyl (C=O) groups excluding carboxylic acids is 6. The lowest BCUT2D eigenvalue weighted by Crippen LogP contribution is -2.58. The topological polar surface area (TPSA) is 189 Å². The normalized spacial score (nSPS) is 34.8. The van der Waals surface area contributed by atoms with Crippen molar-refractivity contribution in [2.24, 2.45) is 29.1 Å². The Morgan fingerprint density at radius 1 is 0.917 bits per heavy atom. The van der Waals surface area contributed by atoms with Gasteiger partial charge in [0.1, 0.15) is 23.4 Å². The molecule has 2 rings (SSSR count). The molecule has 2 N–H and O–H groups in total. The summed E-state index contributed by atoms with van der Waals surface area (Å²) in [6.45, 7) is 19.9. The summed E-state index contributed by atoms with van der Waals surface area (Å²) in [4.78, 5) is 78.4. The number of aliphatic hydroxyl groups is 2. The zero-order valence-electron chi connectivity index (χ0n) is 29.9. The fourth-order valence-corrected chi connectivity index (χ4v) is 6.32. The van der Waals surface area contributed by atoms with Gasteiger partial charge in [-0.2, -0.15) is 0 Å². The maximum atomic E-state index is 14.3. The van der Waals surface area contributed by atoms with E-state index < -0.39 is 113 Å². The molecular formula is C35H52O13. The van der Waals surface area contributed by atoms with E-state index in [1.54, 1.807) is 47.6 Å². The lowest BCUT2D eigenvalue weighted by molar-refractivity contribution is -0.193. The SMILES string of the molecule is C=C1[C@H](OC(=O)C(C)C)[C@@H](OC(C)=O)[C@@H](OC(C)=O)C(C)(C)/C=C/[C@H](C)C(=O)[C@@]2(O)C[C@@](C)(OC(C)=O)[C@H](O)[C@@H]2[C@H]1OC(=O)C(C)CC. The van der Waals surface area contributed by atoms with Crippen LogP contribution in [0.4, 0.5) is 0 Å². The number of Topliss-reactive ketones (excluding diaryl/α,β-unsaturated/α-hetero) is 1. The summed E-state index contributed by atoms with van der Waals surface area (Å²) in [7, 11) is 0. The Labute approximate surface area is 282 Å². The highest BCUT2D eigenvalue weighted by Gasteiger charge is 2.68. The molecule has 0 bridgehead atoms. The second-order valence-electron chi connectivity index (χ2n) is 14.2. The molecule has 0 saturated heterocycles. The molecule has 0 amide bonds. The van der Waals surface area contributed by atoms with Crippen molar-refractivity contribution in [3.8, 4) is 0 Å². The molecule has 0 aliphatic heterocycles. The summed E-state index contributed by atoms with van der Waals surface area (Å²) in [6, 6.07) is 0. The molecule has 270 valence electrons. The van der Waals surface area contributed by atoms with E-state index in [0.717, 1.165) is 20.8 Å². The van der Waals surface area contributed by atoms with E-state index >= 15 is 0 Å².